The fraction of sp³-hybridized carbons (Fsp3) is 0.900. The molecule has 0 radical (unpaired) electrons. The molecule has 1 saturated carbocycles. The molecule has 3 nitrogen and oxygen atoms in total. The van der Waals surface area contributed by atoms with Gasteiger partial charge in [-0.1, -0.05) is 13.8 Å². The standard InChI is InChI=1S/C10H19NO2/c1-7(2)9-4-8(5-9)6-11-10(12)13-3/h7-9H,4-6H2,1-3H3,(H,11,12)/t8-,9+. The second kappa shape index (κ2) is 4.49. The molecule has 0 aromatic rings. The van der Waals surface area contributed by atoms with Crippen LogP contribution >= 0.6 is 0 Å². The zero-order valence-corrected chi connectivity index (χ0v) is 8.67. The summed E-state index contributed by atoms with van der Waals surface area (Å²) in [6, 6.07) is 0. The van der Waals surface area contributed by atoms with Gasteiger partial charge in [-0.25, -0.2) is 4.79 Å². The molecule has 1 amide bonds. The molecule has 0 aromatic heterocycles. The fourth-order valence-electron chi connectivity index (χ4n) is 1.80. The Morgan fingerprint density at radius 3 is 2.62 bits per heavy atom. The number of hydrogen-bond acceptors (Lipinski definition) is 2. The first-order valence-corrected chi connectivity index (χ1v) is 4.95. The van der Waals surface area contributed by atoms with Crippen molar-refractivity contribution in [3.63, 3.8) is 0 Å². The zero-order chi connectivity index (χ0) is 9.84. The molecule has 1 fully saturated rings. The van der Waals surface area contributed by atoms with Crippen LogP contribution in [-0.4, -0.2) is 19.7 Å². The van der Waals surface area contributed by atoms with Crippen molar-refractivity contribution in [2.24, 2.45) is 17.8 Å². The molecule has 1 aliphatic rings. The summed E-state index contributed by atoms with van der Waals surface area (Å²) >= 11 is 0. The third kappa shape index (κ3) is 2.90. The van der Waals surface area contributed by atoms with Crippen LogP contribution in [0.3, 0.4) is 0 Å². The van der Waals surface area contributed by atoms with Crippen molar-refractivity contribution in [1.29, 1.82) is 0 Å². The molecule has 0 aliphatic heterocycles. The normalized spacial score (nSPS) is 26.8. The van der Waals surface area contributed by atoms with E-state index < -0.39 is 0 Å². The predicted molar refractivity (Wildman–Crippen MR) is 51.5 cm³/mol. The van der Waals surface area contributed by atoms with Crippen LogP contribution in [0.2, 0.25) is 0 Å². The van der Waals surface area contributed by atoms with Crippen LogP contribution in [0.4, 0.5) is 4.79 Å². The highest BCUT2D eigenvalue weighted by Crippen LogP contribution is 2.38. The number of nitrogens with one attached hydrogen (secondary N) is 1. The van der Waals surface area contributed by atoms with E-state index in [2.05, 4.69) is 23.9 Å². The predicted octanol–water partition coefficient (Wildman–Crippen LogP) is 2.02. The molecule has 0 unspecified atom stereocenters. The summed E-state index contributed by atoms with van der Waals surface area (Å²) in [5.74, 6) is 2.32. The van der Waals surface area contributed by atoms with Gasteiger partial charge in [0.1, 0.15) is 0 Å². The minimum atomic E-state index is -0.312. The van der Waals surface area contributed by atoms with Crippen molar-refractivity contribution >= 4 is 6.09 Å². The van der Waals surface area contributed by atoms with E-state index in [-0.39, 0.29) is 6.09 Å². The quantitative estimate of drug-likeness (QED) is 0.730. The fourth-order valence-corrected chi connectivity index (χ4v) is 1.80. The number of methoxy groups -OCH3 is 1. The molecule has 0 aromatic carbocycles. The Labute approximate surface area is 79.8 Å². The number of ether oxygens (including phenoxy) is 1. The number of hydrogen-bond donors (Lipinski definition) is 1. The average molecular weight is 185 g/mol. The van der Waals surface area contributed by atoms with Gasteiger partial charge in [-0.05, 0) is 30.6 Å². The number of carbonyl (C=O) groups excluding carboxylic acids is 1. The first kappa shape index (κ1) is 10.4. The van der Waals surface area contributed by atoms with Crippen molar-refractivity contribution in [2.45, 2.75) is 26.7 Å². The van der Waals surface area contributed by atoms with E-state index in [1.54, 1.807) is 0 Å². The first-order valence-electron chi connectivity index (χ1n) is 4.95. The van der Waals surface area contributed by atoms with E-state index in [9.17, 15) is 4.79 Å². The molecular weight excluding hydrogens is 166 g/mol. The van der Waals surface area contributed by atoms with Crippen molar-refractivity contribution in [3.05, 3.63) is 0 Å². The molecular formula is C10H19NO2. The van der Waals surface area contributed by atoms with Gasteiger partial charge in [0.15, 0.2) is 0 Å². The molecule has 0 spiro atoms. The van der Waals surface area contributed by atoms with Gasteiger partial charge in [-0.3, -0.25) is 0 Å². The van der Waals surface area contributed by atoms with Gasteiger partial charge < -0.3 is 10.1 Å². The number of amides is 1. The molecule has 0 heterocycles. The molecule has 0 atom stereocenters. The van der Waals surface area contributed by atoms with Crippen LogP contribution in [0.5, 0.6) is 0 Å². The Morgan fingerprint density at radius 2 is 2.15 bits per heavy atom. The average Bonchev–Trinajstić information content (AvgIpc) is 2.00. The molecule has 3 heteroatoms. The number of carbonyl (C=O) groups is 1. The Kier molecular flexibility index (Phi) is 3.58. The van der Waals surface area contributed by atoms with Gasteiger partial charge in [0.05, 0.1) is 7.11 Å². The summed E-state index contributed by atoms with van der Waals surface area (Å²) in [6.45, 7) is 5.29. The first-order chi connectivity index (χ1) is 6.13. The molecule has 1 aliphatic carbocycles. The van der Waals surface area contributed by atoms with Crippen LogP contribution in [-0.2, 0) is 4.74 Å². The van der Waals surface area contributed by atoms with Gasteiger partial charge >= 0.3 is 6.09 Å². The molecule has 0 saturated heterocycles. The Hall–Kier alpha value is -0.730. The summed E-state index contributed by atoms with van der Waals surface area (Å²) in [6.07, 6.45) is 2.19. The Morgan fingerprint density at radius 1 is 1.54 bits per heavy atom. The molecule has 1 N–H and O–H groups in total. The van der Waals surface area contributed by atoms with Crippen molar-refractivity contribution in [2.75, 3.05) is 13.7 Å². The van der Waals surface area contributed by atoms with E-state index in [1.807, 2.05) is 0 Å². The number of rotatable bonds is 3. The second-order valence-electron chi connectivity index (χ2n) is 4.21. The third-order valence-corrected chi connectivity index (χ3v) is 2.94. The SMILES string of the molecule is COC(=O)NC[C@H]1C[C@@H](C(C)C)C1. The highest BCUT2D eigenvalue weighted by Gasteiger charge is 2.30. The van der Waals surface area contributed by atoms with E-state index in [0.29, 0.717) is 5.92 Å². The van der Waals surface area contributed by atoms with Gasteiger partial charge in [0, 0.05) is 6.54 Å². The van der Waals surface area contributed by atoms with Gasteiger partial charge in [0.25, 0.3) is 0 Å². The van der Waals surface area contributed by atoms with E-state index >= 15 is 0 Å². The Bertz CT molecular complexity index is 174. The van der Waals surface area contributed by atoms with Gasteiger partial charge in [-0.15, -0.1) is 0 Å². The highest BCUT2D eigenvalue weighted by molar-refractivity contribution is 5.66. The maximum Gasteiger partial charge on any atom is 0.406 e. The van der Waals surface area contributed by atoms with Crippen LogP contribution in [0.25, 0.3) is 0 Å². The van der Waals surface area contributed by atoms with Crippen LogP contribution in [0.15, 0.2) is 0 Å². The Balaban J connectivity index is 2.05. The molecule has 13 heavy (non-hydrogen) atoms. The summed E-state index contributed by atoms with van der Waals surface area (Å²) < 4.78 is 4.49. The van der Waals surface area contributed by atoms with Gasteiger partial charge in [-0.2, -0.15) is 0 Å². The van der Waals surface area contributed by atoms with E-state index in [0.717, 1.165) is 18.4 Å². The summed E-state index contributed by atoms with van der Waals surface area (Å²) in [7, 11) is 1.40. The lowest BCUT2D eigenvalue weighted by Crippen LogP contribution is -2.37. The maximum atomic E-state index is 10.7. The third-order valence-electron chi connectivity index (χ3n) is 2.94. The van der Waals surface area contributed by atoms with E-state index in [4.69, 9.17) is 0 Å². The molecule has 76 valence electrons. The monoisotopic (exact) mass is 185 g/mol. The van der Waals surface area contributed by atoms with Crippen molar-refractivity contribution in [1.82, 2.24) is 5.32 Å². The highest BCUT2D eigenvalue weighted by atomic mass is 16.5. The largest absolute Gasteiger partial charge is 0.453 e. The van der Waals surface area contributed by atoms with Crippen LogP contribution in [0, 0.1) is 17.8 Å². The van der Waals surface area contributed by atoms with Crippen molar-refractivity contribution in [3.8, 4) is 0 Å². The van der Waals surface area contributed by atoms with E-state index in [1.165, 1.54) is 20.0 Å². The lowest BCUT2D eigenvalue weighted by molar-refractivity contribution is 0.129. The lowest BCUT2D eigenvalue weighted by atomic mass is 9.69. The van der Waals surface area contributed by atoms with Crippen molar-refractivity contribution < 1.29 is 9.53 Å². The van der Waals surface area contributed by atoms with Gasteiger partial charge in [0.2, 0.25) is 0 Å². The lowest BCUT2D eigenvalue weighted by Gasteiger charge is -2.38. The molecule has 1 rings (SSSR count). The minimum Gasteiger partial charge on any atom is -0.453 e. The van der Waals surface area contributed by atoms with Crippen LogP contribution < -0.4 is 5.32 Å². The zero-order valence-electron chi connectivity index (χ0n) is 8.67. The molecule has 0 bridgehead atoms. The maximum absolute atomic E-state index is 10.7. The van der Waals surface area contributed by atoms with Crippen LogP contribution in [0.1, 0.15) is 26.7 Å². The smallest absolute Gasteiger partial charge is 0.406 e. The second-order valence-corrected chi connectivity index (χ2v) is 4.21. The summed E-state index contributed by atoms with van der Waals surface area (Å²) in [4.78, 5) is 10.7. The topological polar surface area (TPSA) is 38.3 Å². The summed E-state index contributed by atoms with van der Waals surface area (Å²) in [5, 5.41) is 2.73. The summed E-state index contributed by atoms with van der Waals surface area (Å²) in [5.41, 5.74) is 0. The minimum absolute atomic E-state index is 0.312. The number of alkyl carbamates (subject to hydrolysis) is 1.